The lowest BCUT2D eigenvalue weighted by atomic mass is 10.0. The molecule has 0 amide bonds. The second-order valence-corrected chi connectivity index (χ2v) is 4.84. The molecule has 18 heavy (non-hydrogen) atoms. The summed E-state index contributed by atoms with van der Waals surface area (Å²) in [4.78, 5) is 14.2. The van der Waals surface area contributed by atoms with Gasteiger partial charge in [-0.25, -0.2) is 0 Å². The van der Waals surface area contributed by atoms with Gasteiger partial charge in [-0.2, -0.15) is 0 Å². The lowest BCUT2D eigenvalue weighted by Crippen LogP contribution is -2.35. The summed E-state index contributed by atoms with van der Waals surface area (Å²) in [5.74, 6) is 0.177. The SMILES string of the molecule is Cc1ccccc1C(=O)CCN(CCO)C(C)C. The Morgan fingerprint density at radius 1 is 1.28 bits per heavy atom. The van der Waals surface area contributed by atoms with Crippen molar-refractivity contribution in [1.82, 2.24) is 4.90 Å². The van der Waals surface area contributed by atoms with Crippen LogP contribution in [0.3, 0.4) is 0 Å². The molecule has 1 N–H and O–H groups in total. The molecule has 0 radical (unpaired) electrons. The molecule has 1 aromatic rings. The zero-order chi connectivity index (χ0) is 13.5. The molecule has 0 heterocycles. The average molecular weight is 249 g/mol. The van der Waals surface area contributed by atoms with Gasteiger partial charge in [0, 0.05) is 31.1 Å². The number of aliphatic hydroxyl groups is 1. The topological polar surface area (TPSA) is 40.5 Å². The number of aryl methyl sites for hydroxylation is 1. The number of hydrogen-bond donors (Lipinski definition) is 1. The maximum Gasteiger partial charge on any atom is 0.164 e. The van der Waals surface area contributed by atoms with E-state index in [9.17, 15) is 4.79 Å². The number of carbonyl (C=O) groups excluding carboxylic acids is 1. The Morgan fingerprint density at radius 2 is 1.94 bits per heavy atom. The van der Waals surface area contributed by atoms with Crippen molar-refractivity contribution in [3.05, 3.63) is 35.4 Å². The Kier molecular flexibility index (Phi) is 6.02. The molecule has 0 unspecified atom stereocenters. The van der Waals surface area contributed by atoms with E-state index in [-0.39, 0.29) is 12.4 Å². The average Bonchev–Trinajstić information content (AvgIpc) is 2.34. The first-order valence-electron chi connectivity index (χ1n) is 6.50. The fraction of sp³-hybridized carbons (Fsp3) is 0.533. The highest BCUT2D eigenvalue weighted by Crippen LogP contribution is 2.11. The Morgan fingerprint density at radius 3 is 2.50 bits per heavy atom. The number of ketones is 1. The van der Waals surface area contributed by atoms with Crippen LogP contribution in [0.5, 0.6) is 0 Å². The van der Waals surface area contributed by atoms with Crippen molar-refractivity contribution < 1.29 is 9.90 Å². The standard InChI is InChI=1S/C15H23NO2/c1-12(2)16(10-11-17)9-8-15(18)14-7-5-4-6-13(14)3/h4-7,12,17H,8-11H2,1-3H3. The van der Waals surface area contributed by atoms with Crippen molar-refractivity contribution in [1.29, 1.82) is 0 Å². The van der Waals surface area contributed by atoms with E-state index in [4.69, 9.17) is 5.11 Å². The molecule has 3 nitrogen and oxygen atoms in total. The number of hydrogen-bond acceptors (Lipinski definition) is 3. The number of rotatable bonds is 7. The van der Waals surface area contributed by atoms with Crippen LogP contribution in [-0.2, 0) is 0 Å². The molecule has 0 spiro atoms. The minimum absolute atomic E-state index is 0.136. The summed E-state index contributed by atoms with van der Waals surface area (Å²) in [6.45, 7) is 7.57. The number of carbonyl (C=O) groups is 1. The molecule has 3 heteroatoms. The minimum Gasteiger partial charge on any atom is -0.395 e. The summed E-state index contributed by atoms with van der Waals surface area (Å²) in [6.07, 6.45) is 0.503. The smallest absolute Gasteiger partial charge is 0.164 e. The van der Waals surface area contributed by atoms with Crippen LogP contribution in [0.15, 0.2) is 24.3 Å². The Balaban J connectivity index is 2.58. The maximum atomic E-state index is 12.1. The summed E-state index contributed by atoms with van der Waals surface area (Å²) in [5, 5.41) is 8.99. The normalized spacial score (nSPS) is 11.2. The Hall–Kier alpha value is -1.19. The van der Waals surface area contributed by atoms with Gasteiger partial charge in [0.25, 0.3) is 0 Å². The van der Waals surface area contributed by atoms with E-state index >= 15 is 0 Å². The van der Waals surface area contributed by atoms with Crippen LogP contribution in [0.2, 0.25) is 0 Å². The highest BCUT2D eigenvalue weighted by molar-refractivity contribution is 5.97. The van der Waals surface area contributed by atoms with Crippen LogP contribution in [0.25, 0.3) is 0 Å². The maximum absolute atomic E-state index is 12.1. The van der Waals surface area contributed by atoms with Crippen LogP contribution in [0.1, 0.15) is 36.2 Å². The number of benzene rings is 1. The van der Waals surface area contributed by atoms with E-state index in [2.05, 4.69) is 18.7 Å². The molecule has 0 saturated carbocycles. The van der Waals surface area contributed by atoms with Crippen molar-refractivity contribution >= 4 is 5.78 Å². The molecule has 1 rings (SSSR count). The fourth-order valence-corrected chi connectivity index (χ4v) is 2.02. The predicted molar refractivity (Wildman–Crippen MR) is 73.9 cm³/mol. The van der Waals surface area contributed by atoms with Crippen molar-refractivity contribution in [2.24, 2.45) is 0 Å². The van der Waals surface area contributed by atoms with E-state index < -0.39 is 0 Å². The highest BCUT2D eigenvalue weighted by Gasteiger charge is 2.13. The molecule has 100 valence electrons. The molecular weight excluding hydrogens is 226 g/mol. The van der Waals surface area contributed by atoms with Crippen LogP contribution in [0, 0.1) is 6.92 Å². The molecule has 0 saturated heterocycles. The van der Waals surface area contributed by atoms with Gasteiger partial charge in [-0.05, 0) is 26.3 Å². The molecule has 0 aromatic heterocycles. The van der Waals surface area contributed by atoms with Gasteiger partial charge < -0.3 is 5.11 Å². The third kappa shape index (κ3) is 4.24. The van der Waals surface area contributed by atoms with Gasteiger partial charge in [0.1, 0.15) is 0 Å². The van der Waals surface area contributed by atoms with E-state index in [0.717, 1.165) is 11.1 Å². The first-order valence-corrected chi connectivity index (χ1v) is 6.50. The molecule has 0 aliphatic heterocycles. The summed E-state index contributed by atoms with van der Waals surface area (Å²) in [6, 6.07) is 8.03. The largest absolute Gasteiger partial charge is 0.395 e. The first kappa shape index (κ1) is 14.9. The van der Waals surface area contributed by atoms with Crippen molar-refractivity contribution in [2.75, 3.05) is 19.7 Å². The lowest BCUT2D eigenvalue weighted by molar-refractivity contribution is 0.0943. The molecule has 1 aromatic carbocycles. The van der Waals surface area contributed by atoms with Crippen LogP contribution in [-0.4, -0.2) is 41.5 Å². The number of nitrogens with zero attached hydrogens (tertiary/aromatic N) is 1. The fourth-order valence-electron chi connectivity index (χ4n) is 2.02. The minimum atomic E-state index is 0.136. The third-order valence-electron chi connectivity index (χ3n) is 3.19. The molecule has 0 aliphatic carbocycles. The monoisotopic (exact) mass is 249 g/mol. The van der Waals surface area contributed by atoms with Gasteiger partial charge >= 0.3 is 0 Å². The van der Waals surface area contributed by atoms with Crippen LogP contribution in [0.4, 0.5) is 0 Å². The van der Waals surface area contributed by atoms with E-state index in [0.29, 0.717) is 25.6 Å². The Bertz CT molecular complexity index is 388. The number of Topliss-reactive ketones (excluding diaryl/α,β-unsaturated/α-hetero) is 1. The highest BCUT2D eigenvalue weighted by atomic mass is 16.3. The molecule has 0 aliphatic rings. The van der Waals surface area contributed by atoms with Crippen molar-refractivity contribution in [3.8, 4) is 0 Å². The summed E-state index contributed by atoms with van der Waals surface area (Å²) < 4.78 is 0. The second-order valence-electron chi connectivity index (χ2n) is 4.84. The van der Waals surface area contributed by atoms with E-state index in [1.165, 1.54) is 0 Å². The second kappa shape index (κ2) is 7.29. The summed E-state index contributed by atoms with van der Waals surface area (Å²) in [5.41, 5.74) is 1.84. The first-order chi connectivity index (χ1) is 8.56. The van der Waals surface area contributed by atoms with Gasteiger partial charge in [0.15, 0.2) is 5.78 Å². The van der Waals surface area contributed by atoms with Crippen LogP contribution >= 0.6 is 0 Å². The van der Waals surface area contributed by atoms with E-state index in [1.807, 2.05) is 31.2 Å². The molecular formula is C15H23NO2. The molecule has 0 bridgehead atoms. The molecule has 0 fully saturated rings. The molecule has 0 atom stereocenters. The van der Waals surface area contributed by atoms with Crippen LogP contribution < -0.4 is 0 Å². The zero-order valence-corrected chi connectivity index (χ0v) is 11.5. The third-order valence-corrected chi connectivity index (χ3v) is 3.19. The van der Waals surface area contributed by atoms with Crippen molar-refractivity contribution in [2.45, 2.75) is 33.2 Å². The lowest BCUT2D eigenvalue weighted by Gasteiger charge is -2.25. The van der Waals surface area contributed by atoms with Gasteiger partial charge in [-0.15, -0.1) is 0 Å². The van der Waals surface area contributed by atoms with Gasteiger partial charge in [-0.1, -0.05) is 24.3 Å². The quantitative estimate of drug-likeness (QED) is 0.754. The van der Waals surface area contributed by atoms with Gasteiger partial charge in [-0.3, -0.25) is 9.69 Å². The summed E-state index contributed by atoms with van der Waals surface area (Å²) >= 11 is 0. The van der Waals surface area contributed by atoms with Gasteiger partial charge in [0.2, 0.25) is 0 Å². The Labute approximate surface area is 109 Å². The zero-order valence-electron chi connectivity index (χ0n) is 11.5. The summed E-state index contributed by atoms with van der Waals surface area (Å²) in [7, 11) is 0. The van der Waals surface area contributed by atoms with E-state index in [1.54, 1.807) is 0 Å². The number of aliphatic hydroxyl groups excluding tert-OH is 1. The van der Waals surface area contributed by atoms with Crippen molar-refractivity contribution in [3.63, 3.8) is 0 Å². The predicted octanol–water partition coefficient (Wildman–Crippen LogP) is 2.27. The van der Waals surface area contributed by atoms with Gasteiger partial charge in [0.05, 0.1) is 6.61 Å².